The summed E-state index contributed by atoms with van der Waals surface area (Å²) in [5.41, 5.74) is -2.79. The Balaban J connectivity index is 1.45. The Morgan fingerprint density at radius 2 is 1.65 bits per heavy atom. The predicted molar refractivity (Wildman–Crippen MR) is 202 cm³/mol. The van der Waals surface area contributed by atoms with E-state index in [9.17, 15) is 14.4 Å². The van der Waals surface area contributed by atoms with Gasteiger partial charge in [0, 0.05) is 51.5 Å². The molecule has 3 fully saturated rings. The number of hydrogen-bond donors (Lipinski definition) is 1. The highest BCUT2D eigenvalue weighted by atomic mass is 35.5. The Kier molecular flexibility index (Phi) is 12.1. The van der Waals surface area contributed by atoms with Crippen LogP contribution in [0, 0.1) is 5.82 Å². The van der Waals surface area contributed by atoms with Crippen molar-refractivity contribution in [1.29, 1.82) is 0 Å². The van der Waals surface area contributed by atoms with Gasteiger partial charge < -0.3 is 34.1 Å². The van der Waals surface area contributed by atoms with E-state index < -0.39 is 40.3 Å². The molecule has 1 N–H and O–H groups in total. The maximum absolute atomic E-state index is 15.8. The molecule has 3 aliphatic heterocycles. The number of ether oxygens (including phenoxy) is 4. The quantitative estimate of drug-likeness (QED) is 0.154. The lowest BCUT2D eigenvalue weighted by atomic mass is 9.95. The van der Waals surface area contributed by atoms with E-state index in [1.807, 2.05) is 58.4 Å². The van der Waals surface area contributed by atoms with Crippen molar-refractivity contribution in [2.75, 3.05) is 69.3 Å². The Hall–Kier alpha value is -3.76. The van der Waals surface area contributed by atoms with E-state index in [0.717, 1.165) is 0 Å². The number of carbonyl (C=O) groups excluding carboxylic acids is 3. The van der Waals surface area contributed by atoms with Gasteiger partial charge in [-0.05, 0) is 82.2 Å². The zero-order chi connectivity index (χ0) is 39.8. The number of piperazine rings is 2. The van der Waals surface area contributed by atoms with Crippen molar-refractivity contribution in [3.8, 4) is 0 Å². The number of fused-ring (bicyclic) bond motifs is 3. The van der Waals surface area contributed by atoms with Crippen LogP contribution in [0.2, 0.25) is 5.15 Å². The molecule has 2 bridgehead atoms. The van der Waals surface area contributed by atoms with Crippen molar-refractivity contribution in [2.45, 2.75) is 116 Å². The second kappa shape index (κ2) is 15.8. The fraction of sp³-hybridized carbons (Fsp3) is 0.730. The number of alkyl carbamates (subject to hydrolysis) is 1. The van der Waals surface area contributed by atoms with Crippen LogP contribution < -0.4 is 15.1 Å². The van der Waals surface area contributed by atoms with Crippen molar-refractivity contribution in [3.05, 3.63) is 17.2 Å². The Morgan fingerprint density at radius 1 is 0.963 bits per heavy atom. The topological polar surface area (TPSA) is 152 Å². The largest absolute Gasteiger partial charge is 0.460 e. The molecule has 2 aromatic heterocycles. The van der Waals surface area contributed by atoms with Gasteiger partial charge in [-0.3, -0.25) is 14.6 Å². The molecule has 54 heavy (non-hydrogen) atoms. The van der Waals surface area contributed by atoms with E-state index in [4.69, 9.17) is 35.5 Å². The highest BCUT2D eigenvalue weighted by Gasteiger charge is 2.55. The molecule has 2 aromatic rings. The molecule has 3 aliphatic rings. The molecular weight excluding hydrogens is 723 g/mol. The van der Waals surface area contributed by atoms with Crippen LogP contribution in [-0.4, -0.2) is 137 Å². The van der Waals surface area contributed by atoms with Gasteiger partial charge in [0.05, 0.1) is 36.6 Å². The summed E-state index contributed by atoms with van der Waals surface area (Å²) in [5.74, 6) is -0.377. The first kappa shape index (κ1) is 41.4. The summed E-state index contributed by atoms with van der Waals surface area (Å²) in [6, 6.07) is -0.386. The van der Waals surface area contributed by atoms with Gasteiger partial charge in [0.15, 0.2) is 11.0 Å². The van der Waals surface area contributed by atoms with E-state index in [1.54, 1.807) is 25.7 Å². The van der Waals surface area contributed by atoms with E-state index in [2.05, 4.69) is 20.2 Å². The number of esters is 1. The molecule has 300 valence electrons. The lowest BCUT2D eigenvalue weighted by Gasteiger charge is -2.49. The normalized spacial score (nSPS) is 22.4. The maximum Gasteiger partial charge on any atom is 0.411 e. The predicted octanol–water partition coefficient (Wildman–Crippen LogP) is 5.17. The summed E-state index contributed by atoms with van der Waals surface area (Å²) in [6.07, 6.45) is 1.85. The van der Waals surface area contributed by atoms with Crippen LogP contribution in [0.15, 0.2) is 6.20 Å². The second-order valence-corrected chi connectivity index (χ2v) is 17.8. The summed E-state index contributed by atoms with van der Waals surface area (Å²) >= 11 is 6.20. The van der Waals surface area contributed by atoms with Crippen LogP contribution in [0.1, 0.15) is 81.6 Å². The maximum atomic E-state index is 15.8. The first-order chi connectivity index (χ1) is 25.0. The lowest BCUT2D eigenvalue weighted by Crippen LogP contribution is -2.66. The van der Waals surface area contributed by atoms with Gasteiger partial charge in [0.2, 0.25) is 5.95 Å². The van der Waals surface area contributed by atoms with Crippen molar-refractivity contribution in [3.63, 3.8) is 0 Å². The summed E-state index contributed by atoms with van der Waals surface area (Å²) < 4.78 is 38.7. The van der Waals surface area contributed by atoms with Gasteiger partial charge in [-0.1, -0.05) is 11.6 Å². The van der Waals surface area contributed by atoms with Crippen molar-refractivity contribution in [1.82, 2.24) is 30.1 Å². The number of carbonyl (C=O) groups is 3. The molecule has 3 unspecified atom stereocenters. The van der Waals surface area contributed by atoms with Crippen LogP contribution in [0.25, 0.3) is 10.9 Å². The zero-order valence-electron chi connectivity index (χ0n) is 33.3. The zero-order valence-corrected chi connectivity index (χ0v) is 34.0. The van der Waals surface area contributed by atoms with Crippen LogP contribution in [-0.2, 0) is 23.7 Å². The van der Waals surface area contributed by atoms with Crippen molar-refractivity contribution in [2.24, 2.45) is 0 Å². The summed E-state index contributed by atoms with van der Waals surface area (Å²) in [6.45, 7) is 19.2. The Labute approximate surface area is 322 Å². The number of halogens is 2. The Bertz CT molecular complexity index is 1710. The molecule has 2 amide bonds. The third-order valence-electron chi connectivity index (χ3n) is 9.42. The third kappa shape index (κ3) is 10.1. The van der Waals surface area contributed by atoms with Crippen LogP contribution in [0.5, 0.6) is 0 Å². The molecule has 0 aromatic carbocycles. The van der Waals surface area contributed by atoms with Gasteiger partial charge >= 0.3 is 18.2 Å². The van der Waals surface area contributed by atoms with Gasteiger partial charge in [-0.25, -0.2) is 23.9 Å². The van der Waals surface area contributed by atoms with Crippen LogP contribution >= 0.6 is 11.6 Å². The first-order valence-electron chi connectivity index (χ1n) is 18.5. The molecule has 3 atom stereocenters. The standard InChI is InChI=1S/C37H56ClFN8O7/c1-34(2,3)52-26(48)12-16-51-22-37-13-11-23(47(37)33(50)54-36(7,8)9)19-46(21-37)30-25-18-40-29(38)27(39)28(25)42-31(43-30)45-15-14-44(10)24(20-45)17-41-32(49)53-35(4,5)6/h18,23-24H,11-17,19-22H2,1-10H3,(H,41,49). The summed E-state index contributed by atoms with van der Waals surface area (Å²) in [4.78, 5) is 60.5. The number of hydrogen-bond acceptors (Lipinski definition) is 13. The molecule has 5 heterocycles. The SMILES string of the molecule is CN1CCN(c2nc(N3CC4CCC(COCCC(=O)OC(C)(C)C)(C3)N4C(=O)OC(C)(C)C)c3cnc(Cl)c(F)c3n2)CC1CNC(=O)OC(C)(C)C. The lowest BCUT2D eigenvalue weighted by molar-refractivity contribution is -0.156. The van der Waals surface area contributed by atoms with Crippen molar-refractivity contribution < 1.29 is 37.7 Å². The molecule has 3 saturated heterocycles. The van der Waals surface area contributed by atoms with Gasteiger partial charge in [0.25, 0.3) is 0 Å². The summed E-state index contributed by atoms with van der Waals surface area (Å²) in [7, 11) is 1.98. The second-order valence-electron chi connectivity index (χ2n) is 17.5. The average Bonchev–Trinajstić information content (AvgIpc) is 3.28. The molecule has 0 radical (unpaired) electrons. The van der Waals surface area contributed by atoms with Gasteiger partial charge in [-0.15, -0.1) is 0 Å². The number of amides is 2. The molecule has 0 saturated carbocycles. The highest BCUT2D eigenvalue weighted by Crippen LogP contribution is 2.43. The number of aromatic nitrogens is 3. The number of rotatable bonds is 9. The summed E-state index contributed by atoms with van der Waals surface area (Å²) in [5, 5.41) is 2.94. The molecule has 0 aliphatic carbocycles. The molecule has 15 nitrogen and oxygen atoms in total. The number of likely N-dealkylation sites (N-methyl/N-ethyl adjacent to an activating group) is 1. The Morgan fingerprint density at radius 3 is 2.31 bits per heavy atom. The first-order valence-corrected chi connectivity index (χ1v) is 18.9. The average molecular weight is 779 g/mol. The number of nitrogens with one attached hydrogen (secondary N) is 1. The van der Waals surface area contributed by atoms with E-state index in [1.165, 1.54) is 6.20 Å². The van der Waals surface area contributed by atoms with E-state index >= 15 is 4.39 Å². The number of anilines is 2. The minimum absolute atomic E-state index is 0.0296. The fourth-order valence-corrected chi connectivity index (χ4v) is 7.28. The fourth-order valence-electron chi connectivity index (χ4n) is 7.14. The molecular formula is C37H56ClFN8O7. The third-order valence-corrected chi connectivity index (χ3v) is 9.68. The molecule has 17 heteroatoms. The number of nitrogens with zero attached hydrogens (tertiary/aromatic N) is 7. The van der Waals surface area contributed by atoms with Crippen LogP contribution in [0.4, 0.5) is 25.7 Å². The smallest absolute Gasteiger partial charge is 0.411 e. The van der Waals surface area contributed by atoms with E-state index in [-0.39, 0.29) is 54.9 Å². The molecule has 0 spiro atoms. The van der Waals surface area contributed by atoms with Crippen LogP contribution in [0.3, 0.4) is 0 Å². The monoisotopic (exact) mass is 778 g/mol. The minimum atomic E-state index is -0.846. The van der Waals surface area contributed by atoms with E-state index in [0.29, 0.717) is 62.7 Å². The molecule has 5 rings (SSSR count). The van der Waals surface area contributed by atoms with Gasteiger partial charge in [0.1, 0.15) is 28.1 Å². The highest BCUT2D eigenvalue weighted by molar-refractivity contribution is 6.30. The van der Waals surface area contributed by atoms with Crippen molar-refractivity contribution >= 4 is 52.4 Å². The minimum Gasteiger partial charge on any atom is -0.460 e. The number of pyridine rings is 1. The van der Waals surface area contributed by atoms with Gasteiger partial charge in [-0.2, -0.15) is 4.98 Å².